The summed E-state index contributed by atoms with van der Waals surface area (Å²) >= 11 is 5.81. The number of unbranched alkanes of at least 4 members (excludes halogenated alkanes) is 1. The van der Waals surface area contributed by atoms with Crippen LogP contribution in [0, 0.1) is 5.92 Å². The van der Waals surface area contributed by atoms with Crippen LogP contribution in [0.5, 0.6) is 0 Å². The number of ketones is 1. The van der Waals surface area contributed by atoms with Gasteiger partial charge in [0.25, 0.3) is 0 Å². The number of carbonyl (C=O) groups is 1. The zero-order chi connectivity index (χ0) is 14.3. The molecule has 0 aliphatic heterocycles. The first-order chi connectivity index (χ1) is 9.04. The molecule has 0 aliphatic rings. The standard InChI is InChI=1S/C16H21ClO2/c1-3-4-5-6-15(18)12(2)16(19)11-13-7-9-14(17)10-8-13/h5-10,12,16,19H,3-4,11H2,1-2H3/b6-5+/t12-,16-/m0/s1. The molecule has 19 heavy (non-hydrogen) atoms. The van der Waals surface area contributed by atoms with Gasteiger partial charge in [0.1, 0.15) is 0 Å². The summed E-state index contributed by atoms with van der Waals surface area (Å²) < 4.78 is 0. The Morgan fingerprint density at radius 2 is 2.00 bits per heavy atom. The number of aliphatic hydroxyl groups excluding tert-OH is 1. The summed E-state index contributed by atoms with van der Waals surface area (Å²) in [7, 11) is 0. The quantitative estimate of drug-likeness (QED) is 0.771. The highest BCUT2D eigenvalue weighted by atomic mass is 35.5. The number of allylic oxidation sites excluding steroid dienone is 2. The fourth-order valence-electron chi connectivity index (χ4n) is 1.75. The monoisotopic (exact) mass is 280 g/mol. The molecule has 0 aliphatic carbocycles. The zero-order valence-electron chi connectivity index (χ0n) is 11.5. The summed E-state index contributed by atoms with van der Waals surface area (Å²) in [5.74, 6) is -0.404. The minimum Gasteiger partial charge on any atom is -0.392 e. The Labute approximate surface area is 120 Å². The average Bonchev–Trinajstić information content (AvgIpc) is 2.40. The van der Waals surface area contributed by atoms with Crippen LogP contribution in [0.15, 0.2) is 36.4 Å². The second-order valence-electron chi connectivity index (χ2n) is 4.78. The van der Waals surface area contributed by atoms with Gasteiger partial charge in [0, 0.05) is 10.9 Å². The van der Waals surface area contributed by atoms with Crippen LogP contribution in [0.4, 0.5) is 0 Å². The Morgan fingerprint density at radius 3 is 2.58 bits per heavy atom. The molecule has 0 saturated carbocycles. The summed E-state index contributed by atoms with van der Waals surface area (Å²) in [5, 5.41) is 10.8. The van der Waals surface area contributed by atoms with Crippen molar-refractivity contribution in [3.63, 3.8) is 0 Å². The van der Waals surface area contributed by atoms with Crippen molar-refractivity contribution in [2.75, 3.05) is 0 Å². The molecule has 1 aromatic rings. The van der Waals surface area contributed by atoms with Crippen molar-refractivity contribution in [1.82, 2.24) is 0 Å². The van der Waals surface area contributed by atoms with E-state index < -0.39 is 6.10 Å². The van der Waals surface area contributed by atoms with E-state index in [4.69, 9.17) is 11.6 Å². The van der Waals surface area contributed by atoms with E-state index in [9.17, 15) is 9.90 Å². The van der Waals surface area contributed by atoms with Crippen molar-refractivity contribution in [2.45, 2.75) is 39.2 Å². The molecule has 0 fully saturated rings. The Morgan fingerprint density at radius 1 is 1.37 bits per heavy atom. The van der Waals surface area contributed by atoms with Crippen molar-refractivity contribution in [1.29, 1.82) is 0 Å². The SMILES string of the molecule is CCC/C=C/C(=O)[C@H](C)[C@@H](O)Cc1ccc(Cl)cc1. The number of carbonyl (C=O) groups excluding carboxylic acids is 1. The molecule has 0 bridgehead atoms. The average molecular weight is 281 g/mol. The van der Waals surface area contributed by atoms with Gasteiger partial charge < -0.3 is 5.11 Å². The van der Waals surface area contributed by atoms with E-state index in [2.05, 4.69) is 6.92 Å². The topological polar surface area (TPSA) is 37.3 Å². The summed E-state index contributed by atoms with van der Waals surface area (Å²) in [4.78, 5) is 11.8. The molecule has 1 aromatic carbocycles. The Kier molecular flexibility index (Phi) is 6.82. The number of benzene rings is 1. The number of rotatable bonds is 7. The van der Waals surface area contributed by atoms with E-state index in [0.29, 0.717) is 11.4 Å². The van der Waals surface area contributed by atoms with E-state index >= 15 is 0 Å². The summed E-state index contributed by atoms with van der Waals surface area (Å²) in [6.07, 6.45) is 5.16. The predicted molar refractivity (Wildman–Crippen MR) is 79.4 cm³/mol. The summed E-state index contributed by atoms with van der Waals surface area (Å²) in [6, 6.07) is 7.32. The molecule has 0 heterocycles. The van der Waals surface area contributed by atoms with Crippen molar-refractivity contribution in [2.24, 2.45) is 5.92 Å². The van der Waals surface area contributed by atoms with E-state index in [1.54, 1.807) is 25.1 Å². The second kappa shape index (κ2) is 8.13. The van der Waals surface area contributed by atoms with E-state index in [1.807, 2.05) is 18.2 Å². The molecule has 0 saturated heterocycles. The van der Waals surface area contributed by atoms with Crippen molar-refractivity contribution >= 4 is 17.4 Å². The molecule has 0 radical (unpaired) electrons. The third kappa shape index (κ3) is 5.58. The fraction of sp³-hybridized carbons (Fsp3) is 0.438. The molecular formula is C16H21ClO2. The maximum Gasteiger partial charge on any atom is 0.160 e. The molecule has 2 atom stereocenters. The van der Waals surface area contributed by atoms with Crippen LogP contribution < -0.4 is 0 Å². The molecule has 104 valence electrons. The Balaban J connectivity index is 2.54. The predicted octanol–water partition coefficient (Wildman–Crippen LogP) is 3.80. The lowest BCUT2D eigenvalue weighted by molar-refractivity contribution is -0.120. The number of hydrogen-bond donors (Lipinski definition) is 1. The van der Waals surface area contributed by atoms with E-state index in [-0.39, 0.29) is 11.7 Å². The zero-order valence-corrected chi connectivity index (χ0v) is 12.2. The van der Waals surface area contributed by atoms with Crippen LogP contribution in [-0.2, 0) is 11.2 Å². The van der Waals surface area contributed by atoms with Gasteiger partial charge >= 0.3 is 0 Å². The van der Waals surface area contributed by atoms with Gasteiger partial charge in [-0.3, -0.25) is 4.79 Å². The highest BCUT2D eigenvalue weighted by Crippen LogP contribution is 2.15. The van der Waals surface area contributed by atoms with E-state index in [1.165, 1.54) is 0 Å². The van der Waals surface area contributed by atoms with Crippen LogP contribution in [0.25, 0.3) is 0 Å². The van der Waals surface area contributed by atoms with Gasteiger partial charge in [0.15, 0.2) is 5.78 Å². The Bertz CT molecular complexity index is 423. The van der Waals surface area contributed by atoms with Crippen molar-refractivity contribution in [3.8, 4) is 0 Å². The maximum atomic E-state index is 11.8. The van der Waals surface area contributed by atoms with Crippen LogP contribution in [0.1, 0.15) is 32.3 Å². The molecule has 0 aromatic heterocycles. The molecule has 1 N–H and O–H groups in total. The molecule has 3 heteroatoms. The number of hydrogen-bond acceptors (Lipinski definition) is 2. The van der Waals surface area contributed by atoms with Gasteiger partial charge in [0.2, 0.25) is 0 Å². The molecule has 1 rings (SSSR count). The molecule has 0 amide bonds. The third-order valence-electron chi connectivity index (χ3n) is 3.12. The second-order valence-corrected chi connectivity index (χ2v) is 5.22. The van der Waals surface area contributed by atoms with Crippen LogP contribution in [0.3, 0.4) is 0 Å². The normalized spacial score (nSPS) is 14.5. The first-order valence-corrected chi connectivity index (χ1v) is 7.05. The molecule has 2 nitrogen and oxygen atoms in total. The van der Waals surface area contributed by atoms with Crippen LogP contribution in [-0.4, -0.2) is 17.0 Å². The first kappa shape index (κ1) is 15.9. The highest BCUT2D eigenvalue weighted by molar-refractivity contribution is 6.30. The van der Waals surface area contributed by atoms with Crippen LogP contribution >= 0.6 is 11.6 Å². The number of halogens is 1. The van der Waals surface area contributed by atoms with Crippen molar-refractivity contribution in [3.05, 3.63) is 47.0 Å². The molecular weight excluding hydrogens is 260 g/mol. The number of aliphatic hydroxyl groups is 1. The minimum absolute atomic E-state index is 0.0186. The lowest BCUT2D eigenvalue weighted by atomic mass is 9.94. The molecule has 0 unspecified atom stereocenters. The lowest BCUT2D eigenvalue weighted by Gasteiger charge is -2.16. The van der Waals surface area contributed by atoms with E-state index in [0.717, 1.165) is 18.4 Å². The smallest absolute Gasteiger partial charge is 0.160 e. The van der Waals surface area contributed by atoms with Gasteiger partial charge in [0.05, 0.1) is 6.10 Å². The van der Waals surface area contributed by atoms with Crippen molar-refractivity contribution < 1.29 is 9.90 Å². The van der Waals surface area contributed by atoms with Crippen LogP contribution in [0.2, 0.25) is 5.02 Å². The summed E-state index contributed by atoms with van der Waals surface area (Å²) in [6.45, 7) is 3.83. The lowest BCUT2D eigenvalue weighted by Crippen LogP contribution is -2.26. The van der Waals surface area contributed by atoms with Gasteiger partial charge in [-0.15, -0.1) is 0 Å². The first-order valence-electron chi connectivity index (χ1n) is 6.67. The van der Waals surface area contributed by atoms with Gasteiger partial charge in [-0.1, -0.05) is 50.1 Å². The third-order valence-corrected chi connectivity index (χ3v) is 3.37. The van der Waals surface area contributed by atoms with Gasteiger partial charge in [-0.25, -0.2) is 0 Å². The summed E-state index contributed by atoms with van der Waals surface area (Å²) in [5.41, 5.74) is 0.981. The van der Waals surface area contributed by atoms with Gasteiger partial charge in [-0.2, -0.15) is 0 Å². The highest BCUT2D eigenvalue weighted by Gasteiger charge is 2.20. The fourth-order valence-corrected chi connectivity index (χ4v) is 1.87. The maximum absolute atomic E-state index is 11.8. The Hall–Kier alpha value is -1.12. The van der Waals surface area contributed by atoms with Gasteiger partial charge in [-0.05, 0) is 36.6 Å². The largest absolute Gasteiger partial charge is 0.392 e. The molecule has 0 spiro atoms. The minimum atomic E-state index is -0.667.